The predicted octanol–water partition coefficient (Wildman–Crippen LogP) is 1.79. The molecule has 19 heavy (non-hydrogen) atoms. The molecular weight excluding hydrogens is 244 g/mol. The van der Waals surface area contributed by atoms with Gasteiger partial charge in [0.05, 0.1) is 0 Å². The lowest BCUT2D eigenvalue weighted by atomic mass is 10.1. The number of rotatable bonds is 3. The van der Waals surface area contributed by atoms with Gasteiger partial charge in [-0.2, -0.15) is 0 Å². The van der Waals surface area contributed by atoms with Gasteiger partial charge in [0.25, 0.3) is 0 Å². The van der Waals surface area contributed by atoms with Crippen LogP contribution in [-0.4, -0.2) is 29.2 Å². The summed E-state index contributed by atoms with van der Waals surface area (Å²) in [5.41, 5.74) is 1.53. The molecule has 1 aliphatic heterocycles. The lowest BCUT2D eigenvalue weighted by molar-refractivity contribution is -0.138. The topological polar surface area (TPSA) is 69.6 Å². The van der Waals surface area contributed by atoms with Gasteiger partial charge in [0.2, 0.25) is 0 Å². The standard InChI is InChI=1S/C14H16N2O3/c1-3-9(2)15-14(19)16-11-7-5-4-6-10(11)8-12(16)13(17)18/h3-7,9,12H,1,8H2,2H3,(H,15,19)(H,17,18)/t9?,12-/m0/s1. The summed E-state index contributed by atoms with van der Waals surface area (Å²) in [4.78, 5) is 24.8. The zero-order valence-corrected chi connectivity index (χ0v) is 10.7. The third-order valence-corrected chi connectivity index (χ3v) is 3.18. The highest BCUT2D eigenvalue weighted by molar-refractivity contribution is 6.01. The lowest BCUT2D eigenvalue weighted by Crippen LogP contribution is -2.49. The monoisotopic (exact) mass is 260 g/mol. The third kappa shape index (κ3) is 2.45. The molecule has 100 valence electrons. The maximum absolute atomic E-state index is 12.2. The van der Waals surface area contributed by atoms with Crippen LogP contribution in [0.1, 0.15) is 12.5 Å². The Morgan fingerprint density at radius 2 is 2.21 bits per heavy atom. The number of fused-ring (bicyclic) bond motifs is 1. The second kappa shape index (κ2) is 5.14. The highest BCUT2D eigenvalue weighted by Crippen LogP contribution is 2.32. The van der Waals surface area contributed by atoms with E-state index in [-0.39, 0.29) is 6.04 Å². The lowest BCUT2D eigenvalue weighted by Gasteiger charge is -2.24. The molecule has 0 radical (unpaired) electrons. The van der Waals surface area contributed by atoms with Crippen molar-refractivity contribution in [2.75, 3.05) is 4.90 Å². The summed E-state index contributed by atoms with van der Waals surface area (Å²) in [6.45, 7) is 5.37. The average molecular weight is 260 g/mol. The van der Waals surface area contributed by atoms with Crippen LogP contribution in [-0.2, 0) is 11.2 Å². The first-order valence-electron chi connectivity index (χ1n) is 6.07. The summed E-state index contributed by atoms with van der Waals surface area (Å²) in [6, 6.07) is 5.76. The number of carbonyl (C=O) groups excluding carboxylic acids is 1. The molecule has 0 aromatic heterocycles. The Balaban J connectivity index is 2.31. The van der Waals surface area contributed by atoms with Gasteiger partial charge in [-0.1, -0.05) is 24.3 Å². The highest BCUT2D eigenvalue weighted by atomic mass is 16.4. The van der Waals surface area contributed by atoms with Gasteiger partial charge in [0.15, 0.2) is 0 Å². The first kappa shape index (κ1) is 13.1. The number of hydrogen-bond acceptors (Lipinski definition) is 2. The second-order valence-corrected chi connectivity index (χ2v) is 4.53. The molecule has 1 aromatic rings. The minimum Gasteiger partial charge on any atom is -0.480 e. The molecule has 0 saturated heterocycles. The van der Waals surface area contributed by atoms with Crippen LogP contribution >= 0.6 is 0 Å². The fourth-order valence-electron chi connectivity index (χ4n) is 2.16. The van der Waals surface area contributed by atoms with Crippen LogP contribution in [0.25, 0.3) is 0 Å². The molecule has 0 spiro atoms. The molecule has 0 saturated carbocycles. The molecule has 1 aliphatic rings. The number of hydrogen-bond donors (Lipinski definition) is 2. The Bertz CT molecular complexity index is 527. The Kier molecular flexibility index (Phi) is 3.55. The molecule has 2 amide bonds. The van der Waals surface area contributed by atoms with Crippen LogP contribution in [0.4, 0.5) is 10.5 Å². The summed E-state index contributed by atoms with van der Waals surface area (Å²) in [5, 5.41) is 12.0. The summed E-state index contributed by atoms with van der Waals surface area (Å²) in [7, 11) is 0. The molecule has 1 unspecified atom stereocenters. The molecule has 1 heterocycles. The van der Waals surface area contributed by atoms with Crippen molar-refractivity contribution in [1.82, 2.24) is 5.32 Å². The van der Waals surface area contributed by atoms with Crippen molar-refractivity contribution < 1.29 is 14.7 Å². The molecule has 0 aliphatic carbocycles. The molecule has 5 heteroatoms. The molecule has 2 rings (SSSR count). The second-order valence-electron chi connectivity index (χ2n) is 4.53. The van der Waals surface area contributed by atoms with Gasteiger partial charge < -0.3 is 10.4 Å². The molecule has 0 bridgehead atoms. The number of carboxylic acid groups (broad SMARTS) is 1. The average Bonchev–Trinajstić information content (AvgIpc) is 2.78. The van der Waals surface area contributed by atoms with Crippen LogP contribution in [0.3, 0.4) is 0 Å². The third-order valence-electron chi connectivity index (χ3n) is 3.18. The molecule has 5 nitrogen and oxygen atoms in total. The van der Waals surface area contributed by atoms with Crippen molar-refractivity contribution >= 4 is 17.7 Å². The minimum absolute atomic E-state index is 0.213. The number of urea groups is 1. The Morgan fingerprint density at radius 3 is 2.84 bits per heavy atom. The van der Waals surface area contributed by atoms with Crippen molar-refractivity contribution in [3.05, 3.63) is 42.5 Å². The first-order chi connectivity index (χ1) is 9.04. The van der Waals surface area contributed by atoms with Crippen molar-refractivity contribution in [2.45, 2.75) is 25.4 Å². The summed E-state index contributed by atoms with van der Waals surface area (Å²) >= 11 is 0. The number of para-hydroxylation sites is 1. The first-order valence-corrected chi connectivity index (χ1v) is 6.07. The van der Waals surface area contributed by atoms with E-state index in [4.69, 9.17) is 0 Å². The van der Waals surface area contributed by atoms with Gasteiger partial charge in [0.1, 0.15) is 6.04 Å². The van der Waals surface area contributed by atoms with E-state index in [1.807, 2.05) is 12.1 Å². The quantitative estimate of drug-likeness (QED) is 0.814. The van der Waals surface area contributed by atoms with Crippen molar-refractivity contribution in [3.8, 4) is 0 Å². The Morgan fingerprint density at radius 1 is 1.53 bits per heavy atom. The van der Waals surface area contributed by atoms with Gasteiger partial charge in [-0.3, -0.25) is 4.90 Å². The Labute approximate surface area is 111 Å². The van der Waals surface area contributed by atoms with E-state index in [1.165, 1.54) is 4.90 Å². The number of anilines is 1. The zero-order valence-electron chi connectivity index (χ0n) is 10.7. The number of nitrogens with one attached hydrogen (secondary N) is 1. The number of aliphatic carboxylic acids is 1. The maximum Gasteiger partial charge on any atom is 0.327 e. The zero-order chi connectivity index (χ0) is 14.0. The fraction of sp³-hybridized carbons (Fsp3) is 0.286. The smallest absolute Gasteiger partial charge is 0.327 e. The Hall–Kier alpha value is -2.30. The predicted molar refractivity (Wildman–Crippen MR) is 72.2 cm³/mol. The van der Waals surface area contributed by atoms with Crippen LogP contribution in [0.2, 0.25) is 0 Å². The van der Waals surface area contributed by atoms with E-state index in [1.54, 1.807) is 25.1 Å². The van der Waals surface area contributed by atoms with Gasteiger partial charge >= 0.3 is 12.0 Å². The fourth-order valence-corrected chi connectivity index (χ4v) is 2.16. The van der Waals surface area contributed by atoms with Crippen molar-refractivity contribution in [1.29, 1.82) is 0 Å². The summed E-state index contributed by atoms with van der Waals surface area (Å²) in [6.07, 6.45) is 1.93. The van der Waals surface area contributed by atoms with Gasteiger partial charge in [-0.25, -0.2) is 9.59 Å². The van der Waals surface area contributed by atoms with Crippen molar-refractivity contribution in [3.63, 3.8) is 0 Å². The van der Waals surface area contributed by atoms with Gasteiger partial charge in [-0.15, -0.1) is 6.58 Å². The molecule has 2 atom stereocenters. The van der Waals surface area contributed by atoms with E-state index in [0.29, 0.717) is 12.1 Å². The van der Waals surface area contributed by atoms with E-state index < -0.39 is 18.0 Å². The van der Waals surface area contributed by atoms with Crippen LogP contribution in [0.15, 0.2) is 36.9 Å². The number of carboxylic acids is 1. The number of benzene rings is 1. The summed E-state index contributed by atoms with van der Waals surface area (Å²) < 4.78 is 0. The molecule has 1 aromatic carbocycles. The van der Waals surface area contributed by atoms with E-state index >= 15 is 0 Å². The highest BCUT2D eigenvalue weighted by Gasteiger charge is 2.38. The van der Waals surface area contributed by atoms with Crippen LogP contribution < -0.4 is 10.2 Å². The molecule has 0 fully saturated rings. The minimum atomic E-state index is -1.00. The van der Waals surface area contributed by atoms with E-state index in [0.717, 1.165) is 5.56 Å². The van der Waals surface area contributed by atoms with Crippen LogP contribution in [0.5, 0.6) is 0 Å². The number of amides is 2. The number of nitrogens with zero attached hydrogens (tertiary/aromatic N) is 1. The van der Waals surface area contributed by atoms with Crippen LogP contribution in [0, 0.1) is 0 Å². The van der Waals surface area contributed by atoms with E-state index in [9.17, 15) is 14.7 Å². The summed E-state index contributed by atoms with van der Waals surface area (Å²) in [5.74, 6) is -1.00. The maximum atomic E-state index is 12.2. The largest absolute Gasteiger partial charge is 0.480 e. The van der Waals surface area contributed by atoms with E-state index in [2.05, 4.69) is 11.9 Å². The molecular formula is C14H16N2O3. The van der Waals surface area contributed by atoms with Gasteiger partial charge in [0, 0.05) is 18.2 Å². The van der Waals surface area contributed by atoms with Gasteiger partial charge in [-0.05, 0) is 18.6 Å². The number of carbonyl (C=O) groups is 2. The SMILES string of the molecule is C=CC(C)NC(=O)N1c2ccccc2C[C@H]1C(=O)O. The normalized spacial score (nSPS) is 18.6. The van der Waals surface area contributed by atoms with Crippen molar-refractivity contribution in [2.24, 2.45) is 0 Å². The molecule has 2 N–H and O–H groups in total.